The molecular formula is C20H22O4. The summed E-state index contributed by atoms with van der Waals surface area (Å²) in [6.45, 7) is 2.53. The van der Waals surface area contributed by atoms with Crippen LogP contribution in [0.1, 0.15) is 42.1 Å². The fourth-order valence-corrected chi connectivity index (χ4v) is 2.16. The predicted molar refractivity (Wildman–Crippen MR) is 92.0 cm³/mol. The van der Waals surface area contributed by atoms with E-state index >= 15 is 0 Å². The summed E-state index contributed by atoms with van der Waals surface area (Å²) in [6.07, 6.45) is 1.33. The van der Waals surface area contributed by atoms with E-state index < -0.39 is 0 Å². The molecule has 126 valence electrons. The van der Waals surface area contributed by atoms with Crippen molar-refractivity contribution in [2.24, 2.45) is 0 Å². The number of ketones is 1. The van der Waals surface area contributed by atoms with Gasteiger partial charge in [0.05, 0.1) is 6.61 Å². The molecule has 0 atom stereocenters. The summed E-state index contributed by atoms with van der Waals surface area (Å²) in [5, 5.41) is 0. The van der Waals surface area contributed by atoms with E-state index in [4.69, 9.17) is 9.47 Å². The Morgan fingerprint density at radius 2 is 1.62 bits per heavy atom. The smallest absolute Gasteiger partial charge is 0.305 e. The van der Waals surface area contributed by atoms with Gasteiger partial charge in [0.2, 0.25) is 0 Å². The lowest BCUT2D eigenvalue weighted by atomic mass is 10.1. The maximum Gasteiger partial charge on any atom is 0.305 e. The van der Waals surface area contributed by atoms with Gasteiger partial charge in [-0.05, 0) is 36.2 Å². The number of benzene rings is 2. The van der Waals surface area contributed by atoms with Crippen LogP contribution in [0.3, 0.4) is 0 Å². The minimum absolute atomic E-state index is 0.0473. The van der Waals surface area contributed by atoms with E-state index in [9.17, 15) is 9.59 Å². The predicted octanol–water partition coefficient (Wildman–Crippen LogP) is 4.18. The van der Waals surface area contributed by atoms with Gasteiger partial charge in [0, 0.05) is 18.4 Å². The summed E-state index contributed by atoms with van der Waals surface area (Å²) in [4.78, 5) is 23.3. The largest absolute Gasteiger partial charge is 0.489 e. The number of ether oxygens (including phenoxy) is 2. The molecule has 4 heteroatoms. The summed E-state index contributed by atoms with van der Waals surface area (Å²) in [5.74, 6) is 0.411. The fourth-order valence-electron chi connectivity index (χ4n) is 2.16. The highest BCUT2D eigenvalue weighted by Gasteiger charge is 2.08. The average molecular weight is 326 g/mol. The number of hydrogen-bond acceptors (Lipinski definition) is 4. The Bertz CT molecular complexity index is 647. The highest BCUT2D eigenvalue weighted by molar-refractivity contribution is 5.96. The molecule has 0 amide bonds. The second-order valence-electron chi connectivity index (χ2n) is 5.44. The summed E-state index contributed by atoms with van der Waals surface area (Å²) in [6, 6.07) is 16.9. The van der Waals surface area contributed by atoms with Gasteiger partial charge in [0.15, 0.2) is 5.78 Å². The molecule has 2 aromatic carbocycles. The molecule has 0 N–H and O–H groups in total. The van der Waals surface area contributed by atoms with Crippen molar-refractivity contribution in [1.29, 1.82) is 0 Å². The molecular weight excluding hydrogens is 304 g/mol. The molecule has 0 aliphatic rings. The van der Waals surface area contributed by atoms with Crippen LogP contribution in [0.5, 0.6) is 5.75 Å². The third-order valence-electron chi connectivity index (χ3n) is 3.47. The van der Waals surface area contributed by atoms with Gasteiger partial charge in [-0.1, -0.05) is 37.3 Å². The minimum Gasteiger partial charge on any atom is -0.489 e. The topological polar surface area (TPSA) is 52.6 Å². The minimum atomic E-state index is -0.255. The molecule has 0 unspecified atom stereocenters. The Hall–Kier alpha value is -2.62. The van der Waals surface area contributed by atoms with E-state index in [1.165, 1.54) is 0 Å². The lowest BCUT2D eigenvalue weighted by Crippen LogP contribution is -2.09. The van der Waals surface area contributed by atoms with Gasteiger partial charge >= 0.3 is 5.97 Å². The Morgan fingerprint density at radius 1 is 0.917 bits per heavy atom. The molecule has 0 radical (unpaired) electrons. The van der Waals surface area contributed by atoms with Crippen molar-refractivity contribution in [2.75, 3.05) is 6.61 Å². The van der Waals surface area contributed by atoms with Crippen LogP contribution in [0, 0.1) is 0 Å². The van der Waals surface area contributed by atoms with Crippen LogP contribution >= 0.6 is 0 Å². The van der Waals surface area contributed by atoms with Crippen LogP contribution in [0.15, 0.2) is 54.6 Å². The maximum absolute atomic E-state index is 12.0. The highest BCUT2D eigenvalue weighted by atomic mass is 16.5. The number of hydrogen-bond donors (Lipinski definition) is 0. The third kappa shape index (κ3) is 5.88. The fraction of sp³-hybridized carbons (Fsp3) is 0.300. The normalized spacial score (nSPS) is 10.2. The number of esters is 1. The van der Waals surface area contributed by atoms with Gasteiger partial charge in [-0.3, -0.25) is 9.59 Å². The van der Waals surface area contributed by atoms with Crippen molar-refractivity contribution < 1.29 is 19.1 Å². The van der Waals surface area contributed by atoms with Crippen molar-refractivity contribution in [3.8, 4) is 5.75 Å². The van der Waals surface area contributed by atoms with Gasteiger partial charge in [-0.15, -0.1) is 0 Å². The number of carbonyl (C=O) groups is 2. The Balaban J connectivity index is 1.78. The molecule has 0 saturated carbocycles. The van der Waals surface area contributed by atoms with Crippen molar-refractivity contribution in [2.45, 2.75) is 32.8 Å². The first-order valence-corrected chi connectivity index (χ1v) is 8.14. The Morgan fingerprint density at radius 3 is 2.29 bits per heavy atom. The molecule has 0 fully saturated rings. The third-order valence-corrected chi connectivity index (χ3v) is 3.47. The van der Waals surface area contributed by atoms with Crippen LogP contribution < -0.4 is 4.74 Å². The lowest BCUT2D eigenvalue weighted by molar-refractivity contribution is -0.143. The number of Topliss-reactive ketones (excluding diaryl/α,β-unsaturated/α-hetero) is 1. The Kier molecular flexibility index (Phi) is 7.02. The molecule has 0 aliphatic heterocycles. The summed E-state index contributed by atoms with van der Waals surface area (Å²) in [7, 11) is 0. The lowest BCUT2D eigenvalue weighted by Gasteiger charge is -2.07. The zero-order valence-electron chi connectivity index (χ0n) is 13.9. The molecule has 0 aliphatic carbocycles. The maximum atomic E-state index is 12.0. The van der Waals surface area contributed by atoms with Crippen LogP contribution in [0.4, 0.5) is 0 Å². The second kappa shape index (κ2) is 9.50. The number of rotatable bonds is 9. The van der Waals surface area contributed by atoms with Crippen LogP contribution in [0.25, 0.3) is 0 Å². The zero-order chi connectivity index (χ0) is 17.2. The van der Waals surface area contributed by atoms with E-state index in [1.54, 1.807) is 24.3 Å². The quantitative estimate of drug-likeness (QED) is 0.512. The van der Waals surface area contributed by atoms with E-state index in [-0.39, 0.29) is 24.8 Å². The SMILES string of the molecule is CCCC(=O)OCCC(=O)c1ccc(OCc2ccccc2)cc1. The molecule has 24 heavy (non-hydrogen) atoms. The molecule has 0 aromatic heterocycles. The second-order valence-corrected chi connectivity index (χ2v) is 5.44. The van der Waals surface area contributed by atoms with Crippen LogP contribution in [0.2, 0.25) is 0 Å². The molecule has 2 aromatic rings. The van der Waals surface area contributed by atoms with Gasteiger partial charge in [-0.2, -0.15) is 0 Å². The average Bonchev–Trinajstić information content (AvgIpc) is 2.61. The van der Waals surface area contributed by atoms with Crippen molar-refractivity contribution in [1.82, 2.24) is 0 Å². The van der Waals surface area contributed by atoms with Gasteiger partial charge in [0.1, 0.15) is 12.4 Å². The summed E-state index contributed by atoms with van der Waals surface area (Å²) in [5.41, 5.74) is 1.68. The molecule has 2 rings (SSSR count). The standard InChI is InChI=1S/C20H22O4/c1-2-6-20(22)23-14-13-19(21)17-9-11-18(12-10-17)24-15-16-7-4-3-5-8-16/h3-5,7-12H,2,6,13-15H2,1H3. The summed E-state index contributed by atoms with van der Waals surface area (Å²) >= 11 is 0. The first kappa shape index (κ1) is 17.7. The van der Waals surface area contributed by atoms with Crippen LogP contribution in [-0.4, -0.2) is 18.4 Å². The van der Waals surface area contributed by atoms with Crippen molar-refractivity contribution in [3.05, 3.63) is 65.7 Å². The van der Waals surface area contributed by atoms with E-state index in [0.29, 0.717) is 24.3 Å². The monoisotopic (exact) mass is 326 g/mol. The van der Waals surface area contributed by atoms with Crippen molar-refractivity contribution in [3.63, 3.8) is 0 Å². The first-order chi connectivity index (χ1) is 11.7. The molecule has 0 saturated heterocycles. The zero-order valence-corrected chi connectivity index (χ0v) is 13.9. The molecule has 4 nitrogen and oxygen atoms in total. The molecule has 0 heterocycles. The Labute approximate surface area is 142 Å². The molecule has 0 spiro atoms. The van der Waals surface area contributed by atoms with E-state index in [2.05, 4.69) is 0 Å². The summed E-state index contributed by atoms with van der Waals surface area (Å²) < 4.78 is 10.7. The molecule has 0 bridgehead atoms. The number of carbonyl (C=O) groups excluding carboxylic acids is 2. The highest BCUT2D eigenvalue weighted by Crippen LogP contribution is 2.15. The first-order valence-electron chi connectivity index (χ1n) is 8.14. The van der Waals surface area contributed by atoms with E-state index in [0.717, 1.165) is 12.0 Å². The van der Waals surface area contributed by atoms with Gasteiger partial charge in [-0.25, -0.2) is 0 Å². The van der Waals surface area contributed by atoms with Gasteiger partial charge in [0.25, 0.3) is 0 Å². The van der Waals surface area contributed by atoms with E-state index in [1.807, 2.05) is 37.3 Å². The van der Waals surface area contributed by atoms with Gasteiger partial charge < -0.3 is 9.47 Å². The van der Waals surface area contributed by atoms with Crippen LogP contribution in [-0.2, 0) is 16.1 Å². The van der Waals surface area contributed by atoms with Crippen molar-refractivity contribution >= 4 is 11.8 Å².